The zero-order valence-corrected chi connectivity index (χ0v) is 14.1. The number of hydrogen-bond acceptors (Lipinski definition) is 3. The molecule has 0 saturated carbocycles. The van der Waals surface area contributed by atoms with E-state index in [1.54, 1.807) is 36.4 Å². The van der Waals surface area contributed by atoms with Gasteiger partial charge in [0.25, 0.3) is 5.91 Å². The number of halogens is 1. The van der Waals surface area contributed by atoms with Crippen molar-refractivity contribution in [3.8, 4) is 11.3 Å². The standard InChI is InChI=1S/C18H15ClN4O2/c1-11(24)21-14-6-8-15(9-7-14)22-18(25)16-10-20-23-17(16)12-2-4-13(19)5-3-12/h2-10H,1H3,(H,20,23)(H,21,24)(H,22,25). The van der Waals surface area contributed by atoms with Gasteiger partial charge in [-0.25, -0.2) is 0 Å². The number of amides is 2. The average Bonchev–Trinajstić information content (AvgIpc) is 3.06. The highest BCUT2D eigenvalue weighted by atomic mass is 35.5. The highest BCUT2D eigenvalue weighted by molar-refractivity contribution is 6.30. The second kappa shape index (κ2) is 7.19. The summed E-state index contributed by atoms with van der Waals surface area (Å²) in [4.78, 5) is 23.6. The predicted octanol–water partition coefficient (Wildman–Crippen LogP) is 3.94. The van der Waals surface area contributed by atoms with Crippen LogP contribution in [0.2, 0.25) is 5.02 Å². The Balaban J connectivity index is 1.77. The van der Waals surface area contributed by atoms with E-state index in [9.17, 15) is 9.59 Å². The molecule has 1 aromatic heterocycles. The van der Waals surface area contributed by atoms with Gasteiger partial charge >= 0.3 is 0 Å². The zero-order valence-electron chi connectivity index (χ0n) is 13.3. The Kier molecular flexibility index (Phi) is 4.81. The number of aromatic nitrogens is 2. The topological polar surface area (TPSA) is 86.9 Å². The first kappa shape index (κ1) is 16.7. The summed E-state index contributed by atoms with van der Waals surface area (Å²) in [5.41, 5.74) is 3.13. The van der Waals surface area contributed by atoms with Gasteiger partial charge in [0.2, 0.25) is 5.91 Å². The lowest BCUT2D eigenvalue weighted by molar-refractivity contribution is -0.114. The van der Waals surface area contributed by atoms with Crippen LogP contribution in [0.25, 0.3) is 11.3 Å². The molecule has 0 aliphatic rings. The Morgan fingerprint density at radius 2 is 1.56 bits per heavy atom. The van der Waals surface area contributed by atoms with Crippen LogP contribution in [0.4, 0.5) is 11.4 Å². The minimum atomic E-state index is -0.286. The van der Waals surface area contributed by atoms with E-state index in [1.165, 1.54) is 13.1 Å². The van der Waals surface area contributed by atoms with E-state index < -0.39 is 0 Å². The number of carbonyl (C=O) groups is 2. The van der Waals surface area contributed by atoms with E-state index in [4.69, 9.17) is 11.6 Å². The maximum atomic E-state index is 12.5. The maximum Gasteiger partial charge on any atom is 0.259 e. The Morgan fingerprint density at radius 1 is 0.960 bits per heavy atom. The minimum absolute atomic E-state index is 0.150. The second-order valence-electron chi connectivity index (χ2n) is 5.38. The predicted molar refractivity (Wildman–Crippen MR) is 97.7 cm³/mol. The molecule has 3 aromatic rings. The van der Waals surface area contributed by atoms with Crippen LogP contribution >= 0.6 is 11.6 Å². The SMILES string of the molecule is CC(=O)Nc1ccc(NC(=O)c2cn[nH]c2-c2ccc(Cl)cc2)cc1. The van der Waals surface area contributed by atoms with Gasteiger partial charge in [-0.15, -0.1) is 0 Å². The third-order valence-corrected chi connectivity index (χ3v) is 3.73. The van der Waals surface area contributed by atoms with Crippen LogP contribution in [0.5, 0.6) is 0 Å². The van der Waals surface area contributed by atoms with Crippen LogP contribution in [0.15, 0.2) is 54.7 Å². The third-order valence-electron chi connectivity index (χ3n) is 3.48. The van der Waals surface area contributed by atoms with Crippen LogP contribution in [-0.4, -0.2) is 22.0 Å². The highest BCUT2D eigenvalue weighted by Gasteiger charge is 2.15. The molecule has 1 heterocycles. The van der Waals surface area contributed by atoms with Gasteiger partial charge in [-0.2, -0.15) is 5.10 Å². The fourth-order valence-electron chi connectivity index (χ4n) is 2.33. The Bertz CT molecular complexity index is 902. The third kappa shape index (κ3) is 4.05. The lowest BCUT2D eigenvalue weighted by atomic mass is 10.1. The fourth-order valence-corrected chi connectivity index (χ4v) is 2.46. The number of rotatable bonds is 4. The fraction of sp³-hybridized carbons (Fsp3) is 0.0556. The van der Waals surface area contributed by atoms with Gasteiger partial charge in [0.15, 0.2) is 0 Å². The van der Waals surface area contributed by atoms with Crippen molar-refractivity contribution in [1.82, 2.24) is 10.2 Å². The average molecular weight is 355 g/mol. The molecule has 0 bridgehead atoms. The molecule has 3 N–H and O–H groups in total. The van der Waals surface area contributed by atoms with Crippen molar-refractivity contribution in [3.05, 3.63) is 65.3 Å². The van der Waals surface area contributed by atoms with Gasteiger partial charge in [0.05, 0.1) is 17.5 Å². The molecule has 3 rings (SSSR count). The van der Waals surface area contributed by atoms with E-state index in [-0.39, 0.29) is 11.8 Å². The first-order chi connectivity index (χ1) is 12.0. The van der Waals surface area contributed by atoms with Gasteiger partial charge in [-0.1, -0.05) is 23.7 Å². The summed E-state index contributed by atoms with van der Waals surface area (Å²) in [6.45, 7) is 1.44. The van der Waals surface area contributed by atoms with Gasteiger partial charge in [-0.3, -0.25) is 14.7 Å². The van der Waals surface area contributed by atoms with Crippen molar-refractivity contribution < 1.29 is 9.59 Å². The zero-order chi connectivity index (χ0) is 17.8. The van der Waals surface area contributed by atoms with E-state index in [0.29, 0.717) is 27.7 Å². The summed E-state index contributed by atoms with van der Waals surface area (Å²) >= 11 is 5.90. The number of carbonyl (C=O) groups excluding carboxylic acids is 2. The van der Waals surface area contributed by atoms with Gasteiger partial charge in [0, 0.05) is 28.9 Å². The first-order valence-corrected chi connectivity index (χ1v) is 7.89. The molecule has 0 unspecified atom stereocenters. The molecule has 0 aliphatic carbocycles. The molecule has 126 valence electrons. The van der Waals surface area contributed by atoms with Crippen molar-refractivity contribution in [2.75, 3.05) is 10.6 Å². The maximum absolute atomic E-state index is 12.5. The summed E-state index contributed by atoms with van der Waals surface area (Å²) in [7, 11) is 0. The molecule has 6 nitrogen and oxygen atoms in total. The van der Waals surface area contributed by atoms with Crippen LogP contribution < -0.4 is 10.6 Å². The largest absolute Gasteiger partial charge is 0.326 e. The van der Waals surface area contributed by atoms with E-state index in [1.807, 2.05) is 12.1 Å². The molecule has 0 atom stereocenters. The Hall–Kier alpha value is -3.12. The molecule has 0 saturated heterocycles. The van der Waals surface area contributed by atoms with Crippen LogP contribution in [0, 0.1) is 0 Å². The molecule has 2 amide bonds. The summed E-state index contributed by atoms with van der Waals surface area (Å²) in [6.07, 6.45) is 1.48. The number of benzene rings is 2. The quantitative estimate of drug-likeness (QED) is 0.663. The molecule has 25 heavy (non-hydrogen) atoms. The first-order valence-electron chi connectivity index (χ1n) is 7.51. The minimum Gasteiger partial charge on any atom is -0.326 e. The number of nitrogens with one attached hydrogen (secondary N) is 3. The van der Waals surface area contributed by atoms with E-state index in [0.717, 1.165) is 5.56 Å². The lowest BCUT2D eigenvalue weighted by Gasteiger charge is -2.07. The van der Waals surface area contributed by atoms with Crippen molar-refractivity contribution in [2.24, 2.45) is 0 Å². The number of nitrogens with zero attached hydrogens (tertiary/aromatic N) is 1. The van der Waals surface area contributed by atoms with Crippen molar-refractivity contribution in [1.29, 1.82) is 0 Å². The Morgan fingerprint density at radius 3 is 2.16 bits per heavy atom. The van der Waals surface area contributed by atoms with Gasteiger partial charge in [-0.05, 0) is 36.4 Å². The highest BCUT2D eigenvalue weighted by Crippen LogP contribution is 2.24. The molecule has 0 radical (unpaired) electrons. The summed E-state index contributed by atoms with van der Waals surface area (Å²) in [5, 5.41) is 12.9. The smallest absolute Gasteiger partial charge is 0.259 e. The van der Waals surface area contributed by atoms with Crippen LogP contribution in [0.1, 0.15) is 17.3 Å². The normalized spacial score (nSPS) is 10.3. The van der Waals surface area contributed by atoms with Crippen molar-refractivity contribution in [3.63, 3.8) is 0 Å². The molecular weight excluding hydrogens is 340 g/mol. The monoisotopic (exact) mass is 354 g/mol. The second-order valence-corrected chi connectivity index (χ2v) is 5.81. The number of H-pyrrole nitrogens is 1. The van der Waals surface area contributed by atoms with Crippen LogP contribution in [0.3, 0.4) is 0 Å². The van der Waals surface area contributed by atoms with Crippen LogP contribution in [-0.2, 0) is 4.79 Å². The Labute approximate surface area is 149 Å². The number of aromatic amines is 1. The molecular formula is C18H15ClN4O2. The molecule has 7 heteroatoms. The van der Waals surface area contributed by atoms with E-state index >= 15 is 0 Å². The number of anilines is 2. The lowest BCUT2D eigenvalue weighted by Crippen LogP contribution is -2.12. The number of hydrogen-bond donors (Lipinski definition) is 3. The van der Waals surface area contributed by atoms with Gasteiger partial charge in [0.1, 0.15) is 0 Å². The summed E-state index contributed by atoms with van der Waals surface area (Å²) in [6, 6.07) is 14.0. The molecule has 0 spiro atoms. The van der Waals surface area contributed by atoms with E-state index in [2.05, 4.69) is 20.8 Å². The molecule has 0 fully saturated rings. The van der Waals surface area contributed by atoms with Gasteiger partial charge < -0.3 is 10.6 Å². The summed E-state index contributed by atoms with van der Waals surface area (Å²) < 4.78 is 0. The van der Waals surface area contributed by atoms with Crippen molar-refractivity contribution >= 4 is 34.8 Å². The molecule has 2 aromatic carbocycles. The summed E-state index contributed by atoms with van der Waals surface area (Å²) in [5.74, 6) is -0.436. The molecule has 0 aliphatic heterocycles. The van der Waals surface area contributed by atoms with Crippen molar-refractivity contribution in [2.45, 2.75) is 6.92 Å².